The topological polar surface area (TPSA) is 108 Å². The maximum absolute atomic E-state index is 14.1. The Bertz CT molecular complexity index is 1980. The first-order chi connectivity index (χ1) is 25.2. The number of halogens is 12. The quantitative estimate of drug-likeness (QED) is 0.115. The number of rotatable bonds is 8. The summed E-state index contributed by atoms with van der Waals surface area (Å²) in [5.74, 6) is -0.00380. The molecule has 0 amide bonds. The molecule has 0 aromatic carbocycles. The fourth-order valence-electron chi connectivity index (χ4n) is 6.20. The summed E-state index contributed by atoms with van der Waals surface area (Å²) >= 11 is 0. The first-order valence-electron chi connectivity index (χ1n) is 17.5. The van der Waals surface area contributed by atoms with E-state index in [9.17, 15) is 52.7 Å². The Kier molecular flexibility index (Phi) is 10.4. The number of amidine groups is 1. The first kappa shape index (κ1) is 42.7. The molecular formula is C36H44F12N8. The number of H-pyrrole nitrogens is 3. The summed E-state index contributed by atoms with van der Waals surface area (Å²) in [5, 5.41) is 11.7. The Balaban J connectivity index is 1.69. The van der Waals surface area contributed by atoms with E-state index >= 15 is 0 Å². The number of nitrogens with one attached hydrogen (secondary N) is 7. The average Bonchev–Trinajstić information content (AvgIpc) is 3.73. The van der Waals surface area contributed by atoms with Gasteiger partial charge in [0.2, 0.25) is 0 Å². The van der Waals surface area contributed by atoms with Gasteiger partial charge in [-0.3, -0.25) is 0 Å². The van der Waals surface area contributed by atoms with Crippen LogP contribution in [0.15, 0.2) is 34.8 Å². The number of aromatic nitrogens is 3. The van der Waals surface area contributed by atoms with E-state index in [0.717, 1.165) is 55.4 Å². The van der Waals surface area contributed by atoms with Gasteiger partial charge in [-0.2, -0.15) is 52.7 Å². The van der Waals surface area contributed by atoms with Crippen LogP contribution in [0.3, 0.4) is 0 Å². The van der Waals surface area contributed by atoms with E-state index in [1.807, 2.05) is 0 Å². The molecule has 5 heterocycles. The van der Waals surface area contributed by atoms with Crippen molar-refractivity contribution >= 4 is 40.7 Å². The van der Waals surface area contributed by atoms with Gasteiger partial charge in [-0.05, 0) is 72.2 Å². The van der Waals surface area contributed by atoms with Crippen LogP contribution in [0.2, 0.25) is 0 Å². The molecule has 8 nitrogen and oxygen atoms in total. The Labute approximate surface area is 314 Å². The van der Waals surface area contributed by atoms with Gasteiger partial charge in [-0.25, -0.2) is 4.99 Å². The maximum Gasteiger partial charge on any atom is 0.394 e. The first-order valence-corrected chi connectivity index (χ1v) is 17.5. The van der Waals surface area contributed by atoms with Gasteiger partial charge in [0.25, 0.3) is 0 Å². The minimum atomic E-state index is -4.67. The molecule has 0 spiro atoms. The number of aromatic amines is 3. The Morgan fingerprint density at radius 1 is 0.464 bits per heavy atom. The van der Waals surface area contributed by atoms with Gasteiger partial charge in [0.1, 0.15) is 46.9 Å². The van der Waals surface area contributed by atoms with Crippen LogP contribution in [0.25, 0.3) is 0 Å². The molecule has 312 valence electrons. The van der Waals surface area contributed by atoms with Crippen molar-refractivity contribution in [2.75, 3.05) is 21.3 Å². The molecule has 0 radical (unpaired) electrons. The monoisotopic (exact) mass is 816 g/mol. The van der Waals surface area contributed by atoms with Gasteiger partial charge < -0.3 is 36.2 Å². The molecule has 5 rings (SSSR count). The normalized spacial score (nSPS) is 17.5. The van der Waals surface area contributed by atoms with Crippen molar-refractivity contribution in [3.05, 3.63) is 46.5 Å². The molecule has 3 aromatic rings. The van der Waals surface area contributed by atoms with E-state index in [4.69, 9.17) is 0 Å². The van der Waals surface area contributed by atoms with Gasteiger partial charge >= 0.3 is 24.7 Å². The summed E-state index contributed by atoms with van der Waals surface area (Å²) in [6.45, 7) is 7.84. The van der Waals surface area contributed by atoms with Crippen LogP contribution in [0.1, 0.15) is 78.5 Å². The van der Waals surface area contributed by atoms with Gasteiger partial charge in [-0.15, -0.1) is 0 Å². The summed E-state index contributed by atoms with van der Waals surface area (Å²) in [5.41, 5.74) is -8.79. The Morgan fingerprint density at radius 3 is 1.16 bits per heavy atom. The predicted molar refractivity (Wildman–Crippen MR) is 191 cm³/mol. The van der Waals surface area contributed by atoms with Crippen LogP contribution in [0, 0.1) is 21.7 Å². The average molecular weight is 817 g/mol. The van der Waals surface area contributed by atoms with E-state index in [1.165, 1.54) is 24.3 Å². The Morgan fingerprint density at radius 2 is 0.786 bits per heavy atom. The van der Waals surface area contributed by atoms with Crippen molar-refractivity contribution in [2.45, 2.75) is 112 Å². The highest BCUT2D eigenvalue weighted by Gasteiger charge is 2.51. The number of hydrogen-bond acceptors (Lipinski definition) is 5. The van der Waals surface area contributed by atoms with Crippen LogP contribution < -0.4 is 21.3 Å². The molecule has 20 heteroatoms. The van der Waals surface area contributed by atoms with Crippen LogP contribution in [0.5, 0.6) is 0 Å². The molecule has 0 saturated heterocycles. The zero-order chi connectivity index (χ0) is 42.2. The molecule has 1 unspecified atom stereocenters. The van der Waals surface area contributed by atoms with Crippen molar-refractivity contribution in [3.8, 4) is 0 Å². The second-order valence-electron chi connectivity index (χ2n) is 17.1. The van der Waals surface area contributed by atoms with E-state index in [-0.39, 0.29) is 63.0 Å². The van der Waals surface area contributed by atoms with Crippen LogP contribution in [0.4, 0.5) is 87.6 Å². The Hall–Kier alpha value is -4.39. The lowest BCUT2D eigenvalue weighted by atomic mass is 9.84. The third-order valence-corrected chi connectivity index (χ3v) is 10.3. The van der Waals surface area contributed by atoms with Gasteiger partial charge in [0.05, 0.1) is 21.7 Å². The number of hydrogen-bond donors (Lipinski definition) is 7. The lowest BCUT2D eigenvalue weighted by molar-refractivity contribution is -0.211. The minimum absolute atomic E-state index is 0.00773. The third-order valence-electron chi connectivity index (χ3n) is 10.3. The fourth-order valence-corrected chi connectivity index (χ4v) is 6.20. The molecule has 0 saturated carbocycles. The van der Waals surface area contributed by atoms with Crippen LogP contribution in [-0.4, -0.2) is 51.7 Å². The molecule has 3 aromatic heterocycles. The standard InChI is InChI=1S/C36H44F12N8/c1-29(2,33(37,38)39)13-17-9-21-49-25(17)53-22-10-18(14-30(3,4)34(40,41)42)27(50-22)55-24-12-20(16-32(7,8)36(46,47)48)28(52-24)56-23-11-19(26(51-23)54-21)15-31(5,6)35(43,44)45/h9-12,25,50-53,55-56H,13-16H2,1-8H3,(H,49,54). The molecule has 2 aliphatic heterocycles. The zero-order valence-corrected chi connectivity index (χ0v) is 31.7. The lowest BCUT2D eigenvalue weighted by Crippen LogP contribution is -2.34. The highest BCUT2D eigenvalue weighted by molar-refractivity contribution is 6.06. The van der Waals surface area contributed by atoms with Crippen molar-refractivity contribution in [2.24, 2.45) is 26.7 Å². The largest absolute Gasteiger partial charge is 0.394 e. The molecule has 0 aliphatic carbocycles. The zero-order valence-electron chi connectivity index (χ0n) is 31.7. The summed E-state index contributed by atoms with van der Waals surface area (Å²) in [7, 11) is 0. The van der Waals surface area contributed by atoms with Crippen molar-refractivity contribution in [3.63, 3.8) is 0 Å². The van der Waals surface area contributed by atoms with E-state index in [0.29, 0.717) is 0 Å². The van der Waals surface area contributed by atoms with Crippen LogP contribution in [-0.2, 0) is 19.3 Å². The highest BCUT2D eigenvalue weighted by atomic mass is 19.4. The molecule has 56 heavy (non-hydrogen) atoms. The highest BCUT2D eigenvalue weighted by Crippen LogP contribution is 2.47. The summed E-state index contributed by atoms with van der Waals surface area (Å²) < 4.78 is 169. The van der Waals surface area contributed by atoms with E-state index < -0.39 is 78.2 Å². The second kappa shape index (κ2) is 13.6. The summed E-state index contributed by atoms with van der Waals surface area (Å²) in [6.07, 6.45) is -21.0. The SMILES string of the molecule is CC(C)(CC1=CC2=NC1Nc1cc(CC(C)(C)C(F)(F)F)c([nH]1)Nc1cc(CC(C)(C)C(F)(F)F)c([nH]1)Nc1cc(CC(C)(C)C(F)(F)F)c([nH]1)N2)C(F)(F)F. The smallest absolute Gasteiger partial charge is 0.347 e. The van der Waals surface area contributed by atoms with Crippen molar-refractivity contribution in [1.82, 2.24) is 15.0 Å². The maximum atomic E-state index is 14.1. The molecule has 8 bridgehead atoms. The summed E-state index contributed by atoms with van der Waals surface area (Å²) in [4.78, 5) is 13.2. The van der Waals surface area contributed by atoms with Gasteiger partial charge in [-0.1, -0.05) is 55.4 Å². The molecule has 2 aliphatic rings. The summed E-state index contributed by atoms with van der Waals surface area (Å²) in [6, 6.07) is 3.96. The van der Waals surface area contributed by atoms with Crippen LogP contribution >= 0.6 is 0 Å². The second-order valence-corrected chi connectivity index (χ2v) is 17.1. The molecule has 1 atom stereocenters. The number of alkyl halides is 12. The number of anilines is 6. The fraction of sp³-hybridized carbons (Fsp3) is 0.583. The van der Waals surface area contributed by atoms with Gasteiger partial charge in [0, 0.05) is 0 Å². The molecule has 0 fully saturated rings. The van der Waals surface area contributed by atoms with Crippen molar-refractivity contribution in [1.29, 1.82) is 0 Å². The van der Waals surface area contributed by atoms with E-state index in [2.05, 4.69) is 41.2 Å². The minimum Gasteiger partial charge on any atom is -0.347 e. The third kappa shape index (κ3) is 8.77. The van der Waals surface area contributed by atoms with Crippen molar-refractivity contribution < 1.29 is 52.7 Å². The molecule has 7 N–H and O–H groups in total. The predicted octanol–water partition coefficient (Wildman–Crippen LogP) is 12.0. The number of nitrogens with zero attached hydrogens (tertiary/aromatic N) is 1. The number of fused-ring (bicyclic) bond motifs is 7. The lowest BCUT2D eigenvalue weighted by Gasteiger charge is -2.29. The van der Waals surface area contributed by atoms with E-state index in [1.54, 1.807) is 0 Å². The number of aliphatic imine (C=N–C) groups is 1. The molecular weight excluding hydrogens is 772 g/mol. The van der Waals surface area contributed by atoms with Gasteiger partial charge in [0.15, 0.2) is 0 Å².